The second-order valence-electron chi connectivity index (χ2n) is 6.50. The van der Waals surface area contributed by atoms with E-state index in [0.29, 0.717) is 34.5 Å². The Morgan fingerprint density at radius 3 is 2.86 bits per heavy atom. The van der Waals surface area contributed by atoms with Crippen LogP contribution in [0.4, 0.5) is 10.3 Å². The molecular weight excluding hydrogens is 399 g/mol. The first-order chi connectivity index (χ1) is 13.9. The standard InChI is InChI=1S/C19H16ClFN6O2/c1-8-15-14(26-19(22)24-8)6-13(25-17(15)28)10-4-3-9(21)5-11(10)16-23-7-12(20)18(27-16)29-2/h3-5,7,13H,6H2,1-2H3,(H,25,28)(H2,22,24,26). The van der Waals surface area contributed by atoms with Gasteiger partial charge in [-0.15, -0.1) is 0 Å². The van der Waals surface area contributed by atoms with E-state index in [1.54, 1.807) is 13.0 Å². The molecule has 148 valence electrons. The topological polar surface area (TPSA) is 116 Å². The smallest absolute Gasteiger partial charge is 0.255 e. The number of halogens is 2. The van der Waals surface area contributed by atoms with Gasteiger partial charge in [-0.1, -0.05) is 17.7 Å². The van der Waals surface area contributed by atoms with Crippen LogP contribution in [-0.2, 0) is 6.42 Å². The van der Waals surface area contributed by atoms with Crippen LogP contribution in [0.2, 0.25) is 5.02 Å². The van der Waals surface area contributed by atoms with Gasteiger partial charge in [0.2, 0.25) is 11.8 Å². The summed E-state index contributed by atoms with van der Waals surface area (Å²) in [5, 5.41) is 3.16. The molecule has 1 aliphatic rings. The average molecular weight is 415 g/mol. The summed E-state index contributed by atoms with van der Waals surface area (Å²) in [6.45, 7) is 1.70. The Morgan fingerprint density at radius 1 is 1.31 bits per heavy atom. The van der Waals surface area contributed by atoms with Crippen LogP contribution in [0.5, 0.6) is 5.88 Å². The van der Waals surface area contributed by atoms with Gasteiger partial charge in [0.25, 0.3) is 5.91 Å². The molecule has 10 heteroatoms. The summed E-state index contributed by atoms with van der Waals surface area (Å²) in [7, 11) is 1.43. The maximum Gasteiger partial charge on any atom is 0.255 e. The molecule has 1 aliphatic heterocycles. The fourth-order valence-corrected chi connectivity index (χ4v) is 3.58. The number of methoxy groups -OCH3 is 1. The van der Waals surface area contributed by atoms with Gasteiger partial charge in [0.1, 0.15) is 10.8 Å². The molecule has 3 aromatic rings. The summed E-state index contributed by atoms with van der Waals surface area (Å²) < 4.78 is 19.2. The van der Waals surface area contributed by atoms with Crippen LogP contribution in [0.15, 0.2) is 24.4 Å². The fourth-order valence-electron chi connectivity index (χ4n) is 3.41. The SMILES string of the molecule is COc1nc(-c2cc(F)ccc2C2Cc3nc(N)nc(C)c3C(=O)N2)ncc1Cl. The molecule has 29 heavy (non-hydrogen) atoms. The summed E-state index contributed by atoms with van der Waals surface area (Å²) in [5.41, 5.74) is 8.24. The second kappa shape index (κ2) is 7.25. The zero-order chi connectivity index (χ0) is 20.7. The quantitative estimate of drug-likeness (QED) is 0.676. The van der Waals surface area contributed by atoms with E-state index in [2.05, 4.69) is 25.3 Å². The number of amides is 1. The molecule has 8 nitrogen and oxygen atoms in total. The van der Waals surface area contributed by atoms with Gasteiger partial charge in [-0.05, 0) is 24.6 Å². The Balaban J connectivity index is 1.82. The Kier molecular flexibility index (Phi) is 4.75. The summed E-state index contributed by atoms with van der Waals surface area (Å²) in [5.74, 6) is -0.301. The molecule has 1 unspecified atom stereocenters. The predicted molar refractivity (Wildman–Crippen MR) is 104 cm³/mol. The number of carbonyl (C=O) groups excluding carboxylic acids is 1. The van der Waals surface area contributed by atoms with Gasteiger partial charge in [-0.25, -0.2) is 19.3 Å². The number of rotatable bonds is 3. The van der Waals surface area contributed by atoms with E-state index in [9.17, 15) is 9.18 Å². The summed E-state index contributed by atoms with van der Waals surface area (Å²) in [4.78, 5) is 29.4. The number of benzene rings is 1. The van der Waals surface area contributed by atoms with Crippen molar-refractivity contribution in [3.05, 3.63) is 57.8 Å². The maximum atomic E-state index is 14.0. The summed E-state index contributed by atoms with van der Waals surface area (Å²) in [6, 6.07) is 3.72. The number of nitrogens with one attached hydrogen (secondary N) is 1. The third-order valence-corrected chi connectivity index (χ3v) is 4.91. The van der Waals surface area contributed by atoms with Gasteiger partial charge in [0.15, 0.2) is 5.82 Å². The van der Waals surface area contributed by atoms with Crippen LogP contribution >= 0.6 is 11.6 Å². The van der Waals surface area contributed by atoms with Crippen LogP contribution in [0.1, 0.15) is 33.4 Å². The Bertz CT molecular complexity index is 1140. The molecular formula is C19H16ClFN6O2. The number of aryl methyl sites for hydroxylation is 1. The minimum Gasteiger partial charge on any atom is -0.480 e. The molecule has 1 aromatic carbocycles. The van der Waals surface area contributed by atoms with Gasteiger partial charge in [0, 0.05) is 12.0 Å². The minimum absolute atomic E-state index is 0.0970. The van der Waals surface area contributed by atoms with Crippen LogP contribution < -0.4 is 15.8 Å². The fraction of sp³-hybridized carbons (Fsp3) is 0.211. The largest absolute Gasteiger partial charge is 0.480 e. The van der Waals surface area contributed by atoms with Gasteiger partial charge in [0.05, 0.1) is 36.3 Å². The lowest BCUT2D eigenvalue weighted by Crippen LogP contribution is -2.37. The number of nitrogens with zero attached hydrogens (tertiary/aromatic N) is 4. The van der Waals surface area contributed by atoms with Crippen molar-refractivity contribution in [3.8, 4) is 17.3 Å². The van der Waals surface area contributed by atoms with Crippen molar-refractivity contribution < 1.29 is 13.9 Å². The average Bonchev–Trinajstić information content (AvgIpc) is 2.67. The van der Waals surface area contributed by atoms with Crippen molar-refractivity contribution in [3.63, 3.8) is 0 Å². The number of nitrogen functional groups attached to an aromatic ring is 1. The van der Waals surface area contributed by atoms with Crippen molar-refractivity contribution in [2.24, 2.45) is 0 Å². The molecule has 3 N–H and O–H groups in total. The van der Waals surface area contributed by atoms with E-state index in [0.717, 1.165) is 0 Å². The van der Waals surface area contributed by atoms with Crippen molar-refractivity contribution >= 4 is 23.5 Å². The van der Waals surface area contributed by atoms with E-state index in [-0.39, 0.29) is 28.6 Å². The molecule has 4 rings (SSSR count). The molecule has 0 saturated carbocycles. The minimum atomic E-state index is -0.482. The van der Waals surface area contributed by atoms with Crippen molar-refractivity contribution in [1.82, 2.24) is 25.3 Å². The summed E-state index contributed by atoms with van der Waals surface area (Å²) >= 11 is 6.00. The highest BCUT2D eigenvalue weighted by molar-refractivity contribution is 6.31. The number of carbonyl (C=O) groups is 1. The second-order valence-corrected chi connectivity index (χ2v) is 6.91. The first-order valence-corrected chi connectivity index (χ1v) is 9.05. The Labute approximate surface area is 170 Å². The van der Waals surface area contributed by atoms with Crippen molar-refractivity contribution in [2.45, 2.75) is 19.4 Å². The van der Waals surface area contributed by atoms with Crippen LogP contribution in [0.3, 0.4) is 0 Å². The van der Waals surface area contributed by atoms with E-state index in [4.69, 9.17) is 22.1 Å². The monoisotopic (exact) mass is 414 g/mol. The number of aromatic nitrogens is 4. The lowest BCUT2D eigenvalue weighted by molar-refractivity contribution is 0.0922. The summed E-state index contributed by atoms with van der Waals surface area (Å²) in [6.07, 6.45) is 1.74. The van der Waals surface area contributed by atoms with E-state index in [1.807, 2.05) is 0 Å². The van der Waals surface area contributed by atoms with Crippen molar-refractivity contribution in [2.75, 3.05) is 12.8 Å². The number of nitrogens with two attached hydrogens (primary N) is 1. The highest BCUT2D eigenvalue weighted by Gasteiger charge is 2.31. The number of ether oxygens (including phenoxy) is 1. The molecule has 0 bridgehead atoms. The predicted octanol–water partition coefficient (Wildman–Crippen LogP) is 2.65. The maximum absolute atomic E-state index is 14.0. The molecule has 2 aromatic heterocycles. The van der Waals surface area contributed by atoms with Gasteiger partial charge in [-0.3, -0.25) is 4.79 Å². The Hall–Kier alpha value is -3.33. The van der Waals surface area contributed by atoms with Crippen LogP contribution in [0, 0.1) is 12.7 Å². The zero-order valence-corrected chi connectivity index (χ0v) is 16.3. The molecule has 0 spiro atoms. The molecule has 0 saturated heterocycles. The first-order valence-electron chi connectivity index (χ1n) is 8.67. The molecule has 1 atom stereocenters. The molecule has 0 aliphatic carbocycles. The van der Waals surface area contributed by atoms with Crippen molar-refractivity contribution in [1.29, 1.82) is 0 Å². The zero-order valence-electron chi connectivity index (χ0n) is 15.5. The van der Waals surface area contributed by atoms with Gasteiger partial charge < -0.3 is 15.8 Å². The number of fused-ring (bicyclic) bond motifs is 1. The number of hydrogen-bond donors (Lipinski definition) is 2. The third kappa shape index (κ3) is 3.44. The lowest BCUT2D eigenvalue weighted by atomic mass is 9.91. The lowest BCUT2D eigenvalue weighted by Gasteiger charge is -2.27. The first kappa shape index (κ1) is 19.0. The number of anilines is 1. The van der Waals surface area contributed by atoms with Gasteiger partial charge in [-0.2, -0.15) is 4.98 Å². The number of hydrogen-bond acceptors (Lipinski definition) is 7. The highest BCUT2D eigenvalue weighted by atomic mass is 35.5. The van der Waals surface area contributed by atoms with E-state index >= 15 is 0 Å². The molecule has 1 amide bonds. The van der Waals surface area contributed by atoms with Crippen LogP contribution in [0.25, 0.3) is 11.4 Å². The molecule has 0 fully saturated rings. The Morgan fingerprint density at radius 2 is 2.10 bits per heavy atom. The molecule has 0 radical (unpaired) electrons. The van der Waals surface area contributed by atoms with E-state index < -0.39 is 11.9 Å². The molecule has 3 heterocycles. The van der Waals surface area contributed by atoms with Crippen LogP contribution in [-0.4, -0.2) is 33.0 Å². The third-order valence-electron chi connectivity index (χ3n) is 4.65. The van der Waals surface area contributed by atoms with E-state index in [1.165, 1.54) is 25.4 Å². The normalized spacial score (nSPS) is 15.6. The highest BCUT2D eigenvalue weighted by Crippen LogP contribution is 2.34. The van der Waals surface area contributed by atoms with Gasteiger partial charge >= 0.3 is 0 Å².